The van der Waals surface area contributed by atoms with E-state index in [1.807, 2.05) is 13.8 Å². The van der Waals surface area contributed by atoms with E-state index in [0.29, 0.717) is 55.6 Å². The lowest BCUT2D eigenvalue weighted by Gasteiger charge is -2.23. The molecule has 1 saturated heterocycles. The molecule has 1 atom stereocenters. The van der Waals surface area contributed by atoms with Crippen molar-refractivity contribution in [2.45, 2.75) is 59.0 Å². The summed E-state index contributed by atoms with van der Waals surface area (Å²) in [4.78, 5) is 22.6. The number of ether oxygens (including phenoxy) is 2. The lowest BCUT2D eigenvalue weighted by Crippen LogP contribution is -2.48. The van der Waals surface area contributed by atoms with Gasteiger partial charge in [0.15, 0.2) is 0 Å². The van der Waals surface area contributed by atoms with Crippen molar-refractivity contribution in [3.8, 4) is 0 Å². The lowest BCUT2D eigenvalue weighted by molar-refractivity contribution is 0.00926. The van der Waals surface area contributed by atoms with Gasteiger partial charge < -0.3 is 35.4 Å². The molecule has 204 valence electrons. The number of aliphatic imine (C=N–C) groups is 1. The van der Waals surface area contributed by atoms with Crippen LogP contribution in [0, 0.1) is 5.41 Å². The van der Waals surface area contributed by atoms with Crippen molar-refractivity contribution < 1.29 is 24.2 Å². The third kappa shape index (κ3) is 11.9. The van der Waals surface area contributed by atoms with Crippen molar-refractivity contribution in [2.75, 3.05) is 46.6 Å². The van der Waals surface area contributed by atoms with Gasteiger partial charge in [-0.15, -0.1) is 0 Å². The number of hydrogen-bond donors (Lipinski definition) is 6. The Kier molecular flexibility index (Phi) is 15.6. The second-order valence-corrected chi connectivity index (χ2v) is 8.63. The summed E-state index contributed by atoms with van der Waals surface area (Å²) in [5.74, 6) is 0.447. The molecule has 11 nitrogen and oxygen atoms in total. The minimum absolute atomic E-state index is 0.141. The van der Waals surface area contributed by atoms with E-state index in [9.17, 15) is 9.90 Å². The smallest absolute Gasteiger partial charge is 0.319 e. The molecule has 0 saturated carbocycles. The summed E-state index contributed by atoms with van der Waals surface area (Å²) in [5, 5.41) is 26.5. The second-order valence-electron chi connectivity index (χ2n) is 8.63. The number of nitrogens with one attached hydrogen (secondary N) is 5. The monoisotopic (exact) mass is 508 g/mol. The highest BCUT2D eigenvalue weighted by atomic mass is 16.7. The molecule has 1 rings (SSSR count). The molecule has 2 amide bonds. The third-order valence-electron chi connectivity index (χ3n) is 5.77. The Morgan fingerprint density at radius 2 is 2.00 bits per heavy atom. The molecule has 1 aliphatic rings. The van der Waals surface area contributed by atoms with Gasteiger partial charge in [0.25, 0.3) is 0 Å². The topological polar surface area (TPSA) is 149 Å². The minimum atomic E-state index is -0.470. The van der Waals surface area contributed by atoms with Crippen LogP contribution in [0.25, 0.3) is 0 Å². The van der Waals surface area contributed by atoms with Gasteiger partial charge in [-0.2, -0.15) is 5.48 Å². The largest absolute Gasteiger partial charge is 0.394 e. The van der Waals surface area contributed by atoms with E-state index in [-0.39, 0.29) is 18.4 Å². The molecular weight excluding hydrogens is 464 g/mol. The van der Waals surface area contributed by atoms with E-state index >= 15 is 0 Å². The molecule has 0 radical (unpaired) electrons. The predicted octanol–water partition coefficient (Wildman–Crippen LogP) is 2.16. The van der Waals surface area contributed by atoms with Crippen LogP contribution < -0.4 is 21.4 Å². The Hall–Kier alpha value is -2.57. The summed E-state index contributed by atoms with van der Waals surface area (Å²) in [6.45, 7) is 14.1. The van der Waals surface area contributed by atoms with E-state index in [2.05, 4.69) is 33.0 Å². The SMILES string of the molecule is C=C(/C=N\C(ONC1CCOCC1)=C(\C)CC)C(=N)/C(C)=C(\C)NC(=O)N[C@@H](CO)CNCCOC. The quantitative estimate of drug-likeness (QED) is 0.0810. The maximum atomic E-state index is 12.4. The minimum Gasteiger partial charge on any atom is -0.394 e. The van der Waals surface area contributed by atoms with Gasteiger partial charge in [0, 0.05) is 56.9 Å². The number of nitrogens with zero attached hydrogens (tertiary/aromatic N) is 1. The molecule has 0 aromatic rings. The third-order valence-corrected chi connectivity index (χ3v) is 5.77. The number of aliphatic hydroxyl groups excluding tert-OH is 1. The van der Waals surface area contributed by atoms with Gasteiger partial charge in [-0.05, 0) is 51.2 Å². The van der Waals surface area contributed by atoms with E-state index in [4.69, 9.17) is 19.7 Å². The summed E-state index contributed by atoms with van der Waals surface area (Å²) in [6.07, 6.45) is 3.99. The fourth-order valence-corrected chi connectivity index (χ4v) is 3.06. The van der Waals surface area contributed by atoms with Crippen molar-refractivity contribution in [3.05, 3.63) is 34.9 Å². The zero-order valence-electron chi connectivity index (χ0n) is 22.3. The van der Waals surface area contributed by atoms with E-state index in [1.165, 1.54) is 6.21 Å². The highest BCUT2D eigenvalue weighted by Gasteiger charge is 2.16. The molecule has 0 aliphatic carbocycles. The van der Waals surface area contributed by atoms with Crippen LogP contribution in [0.4, 0.5) is 4.79 Å². The second kappa shape index (κ2) is 17.8. The number of aliphatic hydroxyl groups is 1. The van der Waals surface area contributed by atoms with Crippen molar-refractivity contribution in [3.63, 3.8) is 0 Å². The molecular formula is C25H44N6O5. The summed E-state index contributed by atoms with van der Waals surface area (Å²) in [6, 6.07) is -0.729. The molecule has 1 aliphatic heterocycles. The number of hydrogen-bond acceptors (Lipinski definition) is 9. The molecule has 1 fully saturated rings. The van der Waals surface area contributed by atoms with E-state index in [1.54, 1.807) is 21.0 Å². The standard InChI is InChI=1S/C25H44N6O5/c1-7-17(2)24(36-31-21-8-11-35-12-9-21)28-14-18(3)23(26)19(4)20(5)29-25(33)30-22(16-32)15-27-10-13-34-6/h14,21-22,26-27,31-32H,3,7-13,15-16H2,1-2,4-6H3,(H2,29,30,33)/b20-19+,24-17+,26-23?,28-14-/t22-/m1/s1. The average molecular weight is 509 g/mol. The van der Waals surface area contributed by atoms with E-state index in [0.717, 1.165) is 24.8 Å². The van der Waals surface area contributed by atoms with Crippen LogP contribution in [0.15, 0.2) is 39.9 Å². The number of rotatable bonds is 16. The summed E-state index contributed by atoms with van der Waals surface area (Å²) >= 11 is 0. The maximum Gasteiger partial charge on any atom is 0.319 e. The Labute approximate surface area is 214 Å². The summed E-state index contributed by atoms with van der Waals surface area (Å²) < 4.78 is 10.3. The fraction of sp³-hybridized carbons (Fsp3) is 0.640. The van der Waals surface area contributed by atoms with Gasteiger partial charge in [0.05, 0.1) is 25.0 Å². The first-order chi connectivity index (χ1) is 17.2. The van der Waals surface area contributed by atoms with Gasteiger partial charge >= 0.3 is 6.03 Å². The lowest BCUT2D eigenvalue weighted by atomic mass is 10.0. The first-order valence-electron chi connectivity index (χ1n) is 12.3. The average Bonchev–Trinajstić information content (AvgIpc) is 2.89. The van der Waals surface area contributed by atoms with Crippen molar-refractivity contribution in [1.29, 1.82) is 5.41 Å². The zero-order valence-corrected chi connectivity index (χ0v) is 22.3. The van der Waals surface area contributed by atoms with Crippen LogP contribution >= 0.6 is 0 Å². The van der Waals surface area contributed by atoms with Gasteiger partial charge in [0.1, 0.15) is 0 Å². The first kappa shape index (κ1) is 31.5. The first-order valence-corrected chi connectivity index (χ1v) is 12.3. The Morgan fingerprint density at radius 1 is 1.31 bits per heavy atom. The number of carbonyl (C=O) groups is 1. The Morgan fingerprint density at radius 3 is 2.61 bits per heavy atom. The van der Waals surface area contributed by atoms with Gasteiger partial charge in [-0.25, -0.2) is 9.79 Å². The van der Waals surface area contributed by atoms with Crippen molar-refractivity contribution >= 4 is 18.0 Å². The molecule has 11 heteroatoms. The zero-order chi connectivity index (χ0) is 26.9. The number of carbonyl (C=O) groups excluding carboxylic acids is 1. The van der Waals surface area contributed by atoms with Crippen LogP contribution in [0.2, 0.25) is 0 Å². The molecule has 0 spiro atoms. The molecule has 0 bridgehead atoms. The van der Waals surface area contributed by atoms with Crippen LogP contribution in [0.3, 0.4) is 0 Å². The van der Waals surface area contributed by atoms with Crippen LogP contribution in [-0.2, 0) is 14.3 Å². The highest BCUT2D eigenvalue weighted by Crippen LogP contribution is 2.14. The number of methoxy groups -OCH3 is 1. The molecule has 0 aromatic carbocycles. The maximum absolute atomic E-state index is 12.4. The van der Waals surface area contributed by atoms with E-state index < -0.39 is 12.1 Å². The predicted molar refractivity (Wildman–Crippen MR) is 142 cm³/mol. The Bertz CT molecular complexity index is 818. The normalized spacial score (nSPS) is 16.7. The van der Waals surface area contributed by atoms with Gasteiger partial charge in [0.2, 0.25) is 5.88 Å². The fourth-order valence-electron chi connectivity index (χ4n) is 3.06. The highest BCUT2D eigenvalue weighted by molar-refractivity contribution is 6.22. The Balaban J connectivity index is 2.70. The summed E-state index contributed by atoms with van der Waals surface area (Å²) in [7, 11) is 1.60. The van der Waals surface area contributed by atoms with Crippen LogP contribution in [0.1, 0.15) is 47.0 Å². The number of hydroxylamine groups is 1. The van der Waals surface area contributed by atoms with Gasteiger partial charge in [-0.3, -0.25) is 5.41 Å². The van der Waals surface area contributed by atoms with Crippen LogP contribution in [-0.4, -0.2) is 81.8 Å². The number of urea groups is 1. The van der Waals surface area contributed by atoms with Crippen LogP contribution in [0.5, 0.6) is 0 Å². The molecule has 0 aromatic heterocycles. The molecule has 36 heavy (non-hydrogen) atoms. The molecule has 6 N–H and O–H groups in total. The van der Waals surface area contributed by atoms with Gasteiger partial charge in [-0.1, -0.05) is 13.5 Å². The number of amides is 2. The summed E-state index contributed by atoms with van der Waals surface area (Å²) in [5.41, 5.74) is 5.58. The number of allylic oxidation sites excluding steroid dienone is 4. The molecule has 0 unspecified atom stereocenters. The van der Waals surface area contributed by atoms with Crippen molar-refractivity contribution in [1.82, 2.24) is 21.4 Å². The molecule has 1 heterocycles. The van der Waals surface area contributed by atoms with Crippen molar-refractivity contribution in [2.24, 2.45) is 4.99 Å².